The first-order chi connectivity index (χ1) is 32.0. The Morgan fingerprint density at radius 3 is 1.95 bits per heavy atom. The van der Waals surface area contributed by atoms with Crippen molar-refractivity contribution in [1.82, 2.24) is 41.0 Å². The number of hydrogen-bond acceptors (Lipinski definition) is 9. The monoisotopic (exact) mass is 894 g/mol. The predicted octanol–water partition coefficient (Wildman–Crippen LogP) is 2.59. The van der Waals surface area contributed by atoms with Gasteiger partial charge in [-0.3, -0.25) is 28.8 Å². The molecule has 9 rings (SSSR count). The van der Waals surface area contributed by atoms with E-state index in [1.165, 1.54) is 9.80 Å². The summed E-state index contributed by atoms with van der Waals surface area (Å²) in [6.07, 6.45) is 5.75. The van der Waals surface area contributed by atoms with E-state index >= 15 is 0 Å². The molecule has 5 aromatic rings. The lowest BCUT2D eigenvalue weighted by Crippen LogP contribution is -2.65. The molecule has 4 aliphatic rings. The highest BCUT2D eigenvalue weighted by Crippen LogP contribution is 2.33. The minimum atomic E-state index is -1.44. The van der Waals surface area contributed by atoms with Crippen LogP contribution in [0.1, 0.15) is 68.1 Å². The van der Waals surface area contributed by atoms with E-state index in [4.69, 9.17) is 10.5 Å². The van der Waals surface area contributed by atoms with Crippen LogP contribution in [0.5, 0.6) is 5.75 Å². The van der Waals surface area contributed by atoms with Gasteiger partial charge in [-0.05, 0) is 86.2 Å². The van der Waals surface area contributed by atoms with Gasteiger partial charge in [-0.1, -0.05) is 49.2 Å². The van der Waals surface area contributed by atoms with Crippen LogP contribution in [0.15, 0.2) is 85.2 Å². The van der Waals surface area contributed by atoms with Crippen molar-refractivity contribution >= 4 is 57.2 Å². The molecule has 1 aliphatic carbocycles. The van der Waals surface area contributed by atoms with Gasteiger partial charge in [0.25, 0.3) is 0 Å². The molecular weight excluding hydrogens is 841 g/mol. The molecule has 0 unspecified atom stereocenters. The van der Waals surface area contributed by atoms with Crippen LogP contribution in [0.2, 0.25) is 0 Å². The van der Waals surface area contributed by atoms with Crippen molar-refractivity contribution in [3.63, 3.8) is 0 Å². The molecule has 342 valence electrons. The molecular formula is C49H54N10O7. The van der Waals surface area contributed by atoms with Crippen molar-refractivity contribution in [1.29, 1.82) is 5.26 Å². The van der Waals surface area contributed by atoms with E-state index in [2.05, 4.69) is 37.3 Å². The fourth-order valence-electron chi connectivity index (χ4n) is 10.3. The zero-order chi connectivity index (χ0) is 46.0. The van der Waals surface area contributed by atoms with Gasteiger partial charge in [0.1, 0.15) is 47.6 Å². The number of carbonyl (C=O) groups is 6. The number of carbonyl (C=O) groups excluding carboxylic acids is 6. The highest BCUT2D eigenvalue weighted by Gasteiger charge is 2.49. The second-order valence-electron chi connectivity index (χ2n) is 17.9. The van der Waals surface area contributed by atoms with Crippen LogP contribution in [0.4, 0.5) is 0 Å². The lowest BCUT2D eigenvalue weighted by atomic mass is 9.93. The molecule has 8 N–H and O–H groups in total. The fraction of sp³-hybridized carbons (Fsp3) is 0.408. The van der Waals surface area contributed by atoms with E-state index in [1.54, 1.807) is 36.7 Å². The third kappa shape index (κ3) is 8.80. The molecule has 3 aromatic carbocycles. The topological polar surface area (TPSA) is 248 Å². The zero-order valence-corrected chi connectivity index (χ0v) is 36.5. The smallest absolute Gasteiger partial charge is 0.246 e. The van der Waals surface area contributed by atoms with E-state index < -0.39 is 77.3 Å². The third-order valence-electron chi connectivity index (χ3n) is 13.7. The van der Waals surface area contributed by atoms with Crippen molar-refractivity contribution in [2.45, 2.75) is 106 Å². The maximum Gasteiger partial charge on any atom is 0.246 e. The summed E-state index contributed by atoms with van der Waals surface area (Å²) in [5, 5.41) is 23.0. The normalized spacial score (nSPS) is 25.2. The zero-order valence-electron chi connectivity index (χ0n) is 36.5. The van der Waals surface area contributed by atoms with Crippen LogP contribution in [0.25, 0.3) is 21.8 Å². The number of para-hydroxylation sites is 2. The number of rotatable bonds is 8. The number of hydrogen-bond donors (Lipinski definition) is 7. The summed E-state index contributed by atoms with van der Waals surface area (Å²) in [4.78, 5) is 98.1. The molecule has 3 saturated heterocycles. The van der Waals surface area contributed by atoms with E-state index in [9.17, 15) is 34.0 Å². The molecule has 2 aromatic heterocycles. The minimum Gasteiger partial charge on any atom is -0.488 e. The highest BCUT2D eigenvalue weighted by molar-refractivity contribution is 6.00. The Hall–Kier alpha value is -7.19. The first-order valence-electron chi connectivity index (χ1n) is 22.9. The van der Waals surface area contributed by atoms with Crippen molar-refractivity contribution in [2.24, 2.45) is 5.73 Å². The molecule has 66 heavy (non-hydrogen) atoms. The molecule has 17 nitrogen and oxygen atoms in total. The Morgan fingerprint density at radius 1 is 0.697 bits per heavy atom. The average Bonchev–Trinajstić information content (AvgIpc) is 4.20. The Bertz CT molecular complexity index is 2700. The minimum absolute atomic E-state index is 0.00345. The average molecular weight is 895 g/mol. The Labute approximate surface area is 381 Å². The number of fused-ring (bicyclic) bond motifs is 4. The molecule has 3 aliphatic heterocycles. The lowest BCUT2D eigenvalue weighted by molar-refractivity contribution is -0.148. The van der Waals surface area contributed by atoms with E-state index in [0.717, 1.165) is 32.9 Å². The van der Waals surface area contributed by atoms with E-state index in [-0.39, 0.29) is 58.2 Å². The standard InChI is InChI=1S/C49H54N10O7/c50-20-17-38-46(63)58-21-7-12-41(58)47(64)59-28-33(66-32-15-13-29(25-51)14-16-32)24-42(59)45(62)55-40(23-31-27-53-37-11-4-2-9-35(31)37)44(61)57-49(18-5-6-19-49)48(65)56-39(43(60)54-38)22-30-26-52-36-10-3-1-8-34(30)36/h1-4,8-11,13-16,26-27,33,38-42,52-53H,5-7,12,17-24,28,50H2,(H,54,60)(H,55,62)(H,56,65)(H,57,61)/t33-,38-,39-,40-,41+,42+/m0/s1. The third-order valence-corrected chi connectivity index (χ3v) is 13.7. The number of H-pyrrole nitrogens is 2. The van der Waals surface area contributed by atoms with Crippen LogP contribution >= 0.6 is 0 Å². The molecule has 17 heteroatoms. The Kier molecular flexibility index (Phi) is 12.5. The van der Waals surface area contributed by atoms with Gasteiger partial charge in [0, 0.05) is 60.0 Å². The van der Waals surface area contributed by atoms with Crippen LogP contribution in [0.3, 0.4) is 0 Å². The fourth-order valence-corrected chi connectivity index (χ4v) is 10.3. The van der Waals surface area contributed by atoms with Crippen LogP contribution in [-0.4, -0.2) is 117 Å². The summed E-state index contributed by atoms with van der Waals surface area (Å²) in [5.41, 5.74) is 8.25. The van der Waals surface area contributed by atoms with Gasteiger partial charge < -0.3 is 51.5 Å². The molecule has 6 amide bonds. The van der Waals surface area contributed by atoms with Gasteiger partial charge in [-0.15, -0.1) is 0 Å². The van der Waals surface area contributed by atoms with Gasteiger partial charge in [0.2, 0.25) is 35.4 Å². The second-order valence-corrected chi connectivity index (χ2v) is 17.9. The van der Waals surface area contributed by atoms with Gasteiger partial charge in [0.05, 0.1) is 18.2 Å². The molecule has 1 saturated carbocycles. The molecule has 4 fully saturated rings. The van der Waals surface area contributed by atoms with Crippen molar-refractivity contribution in [2.75, 3.05) is 19.6 Å². The quantitative estimate of drug-likeness (QED) is 0.121. The summed E-state index contributed by atoms with van der Waals surface area (Å²) in [6.45, 7) is 0.268. The van der Waals surface area contributed by atoms with Gasteiger partial charge in [-0.25, -0.2) is 0 Å². The Morgan fingerprint density at radius 2 is 1.32 bits per heavy atom. The van der Waals surface area contributed by atoms with E-state index in [0.29, 0.717) is 37.0 Å². The molecule has 5 heterocycles. The van der Waals surface area contributed by atoms with Crippen molar-refractivity contribution in [3.8, 4) is 11.8 Å². The molecule has 0 radical (unpaired) electrons. The van der Waals surface area contributed by atoms with Gasteiger partial charge in [0.15, 0.2) is 0 Å². The maximum absolute atomic E-state index is 14.9. The maximum atomic E-state index is 14.9. The number of nitrogens with one attached hydrogen (secondary N) is 6. The summed E-state index contributed by atoms with van der Waals surface area (Å²) >= 11 is 0. The van der Waals surface area contributed by atoms with Gasteiger partial charge >= 0.3 is 0 Å². The number of nitrogens with two attached hydrogens (primary N) is 1. The van der Waals surface area contributed by atoms with Crippen LogP contribution < -0.4 is 31.7 Å². The van der Waals surface area contributed by atoms with E-state index in [1.807, 2.05) is 48.5 Å². The highest BCUT2D eigenvalue weighted by atomic mass is 16.5. The molecule has 1 spiro atoms. The largest absolute Gasteiger partial charge is 0.488 e. The number of ether oxygens (including phenoxy) is 1. The number of nitrogens with zero attached hydrogens (tertiary/aromatic N) is 3. The second kappa shape index (κ2) is 18.7. The van der Waals surface area contributed by atoms with Crippen LogP contribution in [0, 0.1) is 11.3 Å². The van der Waals surface area contributed by atoms with Crippen LogP contribution in [-0.2, 0) is 41.6 Å². The van der Waals surface area contributed by atoms with Crippen molar-refractivity contribution < 1.29 is 33.5 Å². The molecule has 6 atom stereocenters. The number of benzene rings is 3. The lowest BCUT2D eigenvalue weighted by Gasteiger charge is -2.35. The van der Waals surface area contributed by atoms with Gasteiger partial charge in [-0.2, -0.15) is 5.26 Å². The first-order valence-corrected chi connectivity index (χ1v) is 22.9. The number of amides is 6. The Balaban J connectivity index is 1.10. The summed E-state index contributed by atoms with van der Waals surface area (Å²) in [7, 11) is 0. The summed E-state index contributed by atoms with van der Waals surface area (Å²) < 4.78 is 6.32. The molecule has 0 bridgehead atoms. The predicted molar refractivity (Wildman–Crippen MR) is 243 cm³/mol. The first kappa shape index (κ1) is 44.0. The van der Waals surface area contributed by atoms with Crippen molar-refractivity contribution in [3.05, 3.63) is 102 Å². The SMILES string of the molecule is N#Cc1ccc(O[C@H]2C[C@@H]3C(=O)N[C@@H](Cc4c[nH]c5ccccc45)C(=O)NC4(CCCC4)C(=O)N[C@@H](Cc4c[nH]c5ccccc45)C(=O)N[C@@H](CCN)C(=O)N4CCC[C@@H]4C(=O)N3C2)cc1. The number of aromatic amines is 2. The summed E-state index contributed by atoms with van der Waals surface area (Å²) in [6, 6.07) is 18.2. The number of nitriles is 1. The summed E-state index contributed by atoms with van der Waals surface area (Å²) in [5.74, 6) is -2.87. The number of aromatic nitrogens is 2.